The molecule has 0 bridgehead atoms. The molecule has 5 fully saturated rings. The third kappa shape index (κ3) is 9.18. The van der Waals surface area contributed by atoms with E-state index in [0.29, 0.717) is 68.6 Å². The van der Waals surface area contributed by atoms with Crippen LogP contribution in [-0.4, -0.2) is 116 Å². The predicted molar refractivity (Wildman–Crippen MR) is 206 cm³/mol. The topological polar surface area (TPSA) is 149 Å². The summed E-state index contributed by atoms with van der Waals surface area (Å²) in [6, 6.07) is 6.23. The molecule has 2 unspecified atom stereocenters. The molecule has 13 nitrogen and oxygen atoms in total. The Bertz CT molecular complexity index is 1720. The number of likely N-dealkylation sites (tertiary alicyclic amines) is 1. The number of ether oxygens (including phenoxy) is 4. The number of hydrogen-bond donors (Lipinski definition) is 2. The Labute approximate surface area is 328 Å². The number of hydrogen-bond acceptors (Lipinski definition) is 10. The van der Waals surface area contributed by atoms with Crippen molar-refractivity contribution in [1.82, 2.24) is 15.1 Å². The summed E-state index contributed by atoms with van der Waals surface area (Å²) in [6.45, 7) is 9.65. The summed E-state index contributed by atoms with van der Waals surface area (Å²) in [5.74, 6) is -0.794. The molecule has 2 aliphatic heterocycles. The van der Waals surface area contributed by atoms with E-state index in [1.807, 2.05) is 0 Å². The standard InChI is InChI=1S/C42H59FN4O9/c1-41(2,3)56-40(51)45-42(25-35(42)43)29-9-5-27(6-10-29)38(49)47-16-15-32(26-7-12-31(52-4)13-8-26)36(47)37(48)44-30-11-14-33-28(23-30)24-34(55-33)39(50)54-22-19-46-17-20-53-21-18-46/h11,14,23-24,26-27,29,31-32,35-36H,5-10,12-13,15-22,25H2,1-4H3,(H,44,48)(H,45,51)/t26?,27?,29?,31?,32-,35?,36-,42?/m0/s1. The third-order valence-corrected chi connectivity index (χ3v) is 12.8. The second-order valence-corrected chi connectivity index (χ2v) is 17.5. The number of anilines is 1. The van der Waals surface area contributed by atoms with Gasteiger partial charge in [0.1, 0.15) is 30.0 Å². The first-order valence-electron chi connectivity index (χ1n) is 20.6. The van der Waals surface area contributed by atoms with Gasteiger partial charge in [0.05, 0.1) is 24.9 Å². The zero-order valence-corrected chi connectivity index (χ0v) is 33.3. The number of benzene rings is 1. The first-order chi connectivity index (χ1) is 26.8. The van der Waals surface area contributed by atoms with Crippen LogP contribution in [0.1, 0.15) is 95.5 Å². The van der Waals surface area contributed by atoms with Crippen LogP contribution < -0.4 is 10.6 Å². The van der Waals surface area contributed by atoms with Crippen molar-refractivity contribution in [3.05, 3.63) is 30.0 Å². The third-order valence-electron chi connectivity index (χ3n) is 12.8. The van der Waals surface area contributed by atoms with E-state index >= 15 is 0 Å². The molecule has 1 aromatic heterocycles. The van der Waals surface area contributed by atoms with Crippen molar-refractivity contribution >= 4 is 40.5 Å². The molecular weight excluding hydrogens is 723 g/mol. The summed E-state index contributed by atoms with van der Waals surface area (Å²) in [5, 5.41) is 6.61. The fourth-order valence-corrected chi connectivity index (χ4v) is 9.72. The van der Waals surface area contributed by atoms with Gasteiger partial charge in [0.2, 0.25) is 17.6 Å². The van der Waals surface area contributed by atoms with E-state index in [-0.39, 0.29) is 60.4 Å². The molecule has 2 N–H and O–H groups in total. The zero-order valence-electron chi connectivity index (χ0n) is 33.3. The van der Waals surface area contributed by atoms with Gasteiger partial charge in [-0.15, -0.1) is 0 Å². The molecule has 7 rings (SSSR count). The van der Waals surface area contributed by atoms with Crippen molar-refractivity contribution < 1.29 is 46.9 Å². The Morgan fingerprint density at radius 2 is 1.66 bits per heavy atom. The zero-order chi connectivity index (χ0) is 39.6. The van der Waals surface area contributed by atoms with Gasteiger partial charge < -0.3 is 38.9 Å². The minimum absolute atomic E-state index is 0.00430. The van der Waals surface area contributed by atoms with Crippen LogP contribution in [0.25, 0.3) is 11.0 Å². The Morgan fingerprint density at radius 1 is 0.946 bits per heavy atom. The number of nitrogens with one attached hydrogen (secondary N) is 2. The fourth-order valence-electron chi connectivity index (χ4n) is 9.72. The number of fused-ring (bicyclic) bond motifs is 1. The van der Waals surface area contributed by atoms with Crippen molar-refractivity contribution in [2.24, 2.45) is 23.7 Å². The van der Waals surface area contributed by atoms with Crippen molar-refractivity contribution in [3.8, 4) is 0 Å². The molecule has 3 heterocycles. The number of nitrogens with zero attached hydrogens (tertiary/aromatic N) is 2. The Balaban J connectivity index is 1.01. The molecule has 3 saturated carbocycles. The highest BCUT2D eigenvalue weighted by Crippen LogP contribution is 2.52. The summed E-state index contributed by atoms with van der Waals surface area (Å²) in [7, 11) is 1.74. The number of morpholine rings is 1. The van der Waals surface area contributed by atoms with Gasteiger partial charge in [-0.1, -0.05) is 0 Å². The number of carbonyl (C=O) groups excluding carboxylic acids is 4. The summed E-state index contributed by atoms with van der Waals surface area (Å²) < 4.78 is 42.6. The number of alkyl carbamates (subject to hydrolysis) is 1. The molecule has 1 aromatic carbocycles. The van der Waals surface area contributed by atoms with Crippen LogP contribution in [-0.2, 0) is 28.5 Å². The number of halogens is 1. The summed E-state index contributed by atoms with van der Waals surface area (Å²) in [5.41, 5.74) is -0.592. The predicted octanol–water partition coefficient (Wildman–Crippen LogP) is 6.09. The quantitative estimate of drug-likeness (QED) is 0.257. The van der Waals surface area contributed by atoms with Crippen LogP contribution in [0.3, 0.4) is 0 Å². The summed E-state index contributed by atoms with van der Waals surface area (Å²) in [6.07, 6.45) is 5.52. The highest BCUT2D eigenvalue weighted by Gasteiger charge is 2.62. The van der Waals surface area contributed by atoms with Crippen LogP contribution in [0.4, 0.5) is 14.9 Å². The van der Waals surface area contributed by atoms with Crippen LogP contribution in [0, 0.1) is 23.7 Å². The molecule has 5 aliphatic rings. The first-order valence-corrected chi connectivity index (χ1v) is 20.6. The van der Waals surface area contributed by atoms with E-state index in [4.69, 9.17) is 23.4 Å². The minimum Gasteiger partial charge on any atom is -0.458 e. The smallest absolute Gasteiger partial charge is 0.408 e. The van der Waals surface area contributed by atoms with Crippen LogP contribution >= 0.6 is 0 Å². The molecule has 2 aromatic rings. The number of esters is 1. The maximum atomic E-state index is 14.9. The fraction of sp³-hybridized carbons (Fsp3) is 0.714. The Hall–Kier alpha value is -3.75. The second kappa shape index (κ2) is 17.0. The van der Waals surface area contributed by atoms with Crippen molar-refractivity contribution in [1.29, 1.82) is 0 Å². The Kier molecular flexibility index (Phi) is 12.3. The van der Waals surface area contributed by atoms with Gasteiger partial charge in [-0.25, -0.2) is 14.0 Å². The van der Waals surface area contributed by atoms with Crippen molar-refractivity contribution in [2.45, 2.75) is 114 Å². The summed E-state index contributed by atoms with van der Waals surface area (Å²) >= 11 is 0. The summed E-state index contributed by atoms with van der Waals surface area (Å²) in [4.78, 5) is 58.2. The number of rotatable bonds is 11. The SMILES string of the molecule is COC1CCC([C@@H]2CCN(C(=O)C3CCC(C4(NC(=O)OC(C)(C)C)CC4F)CC3)[C@@H]2C(=O)Nc2ccc3oc(C(=O)OCCN4CCOCC4)cc3c2)CC1. The van der Waals surface area contributed by atoms with E-state index < -0.39 is 35.4 Å². The molecule has 56 heavy (non-hydrogen) atoms. The average Bonchev–Trinajstić information content (AvgIpc) is 3.48. The molecule has 3 amide bonds. The van der Waals surface area contributed by atoms with Gasteiger partial charge in [0, 0.05) is 56.7 Å². The molecule has 308 valence electrons. The van der Waals surface area contributed by atoms with E-state index in [1.54, 1.807) is 57.0 Å². The van der Waals surface area contributed by atoms with Crippen LogP contribution in [0.2, 0.25) is 0 Å². The molecular formula is C42H59FN4O9. The number of methoxy groups -OCH3 is 1. The molecule has 2 saturated heterocycles. The molecule has 3 aliphatic carbocycles. The van der Waals surface area contributed by atoms with Gasteiger partial charge in [0.25, 0.3) is 0 Å². The highest BCUT2D eigenvalue weighted by molar-refractivity contribution is 6.00. The Morgan fingerprint density at radius 3 is 2.32 bits per heavy atom. The molecule has 0 spiro atoms. The molecule has 4 atom stereocenters. The average molecular weight is 783 g/mol. The van der Waals surface area contributed by atoms with Crippen LogP contribution in [0.5, 0.6) is 0 Å². The van der Waals surface area contributed by atoms with E-state index in [0.717, 1.165) is 45.2 Å². The maximum Gasteiger partial charge on any atom is 0.408 e. The minimum atomic E-state index is -1.14. The van der Waals surface area contributed by atoms with Gasteiger partial charge in [-0.05, 0) is 121 Å². The van der Waals surface area contributed by atoms with Crippen LogP contribution in [0.15, 0.2) is 28.7 Å². The lowest BCUT2D eigenvalue weighted by molar-refractivity contribution is -0.142. The largest absolute Gasteiger partial charge is 0.458 e. The highest BCUT2D eigenvalue weighted by atomic mass is 19.1. The van der Waals surface area contributed by atoms with Gasteiger partial charge in [-0.2, -0.15) is 0 Å². The van der Waals surface area contributed by atoms with E-state index in [9.17, 15) is 23.6 Å². The lowest BCUT2D eigenvalue weighted by Gasteiger charge is -2.38. The first kappa shape index (κ1) is 40.4. The van der Waals surface area contributed by atoms with E-state index in [2.05, 4.69) is 15.5 Å². The van der Waals surface area contributed by atoms with Gasteiger partial charge in [-0.3, -0.25) is 14.5 Å². The van der Waals surface area contributed by atoms with E-state index in [1.165, 1.54) is 0 Å². The lowest BCUT2D eigenvalue weighted by atomic mass is 9.75. The van der Waals surface area contributed by atoms with Gasteiger partial charge >= 0.3 is 12.1 Å². The number of carbonyl (C=O) groups is 4. The number of alkyl halides is 1. The number of furan rings is 1. The van der Waals surface area contributed by atoms with Crippen molar-refractivity contribution in [3.63, 3.8) is 0 Å². The normalized spacial score (nSPS) is 31.2. The second-order valence-electron chi connectivity index (χ2n) is 17.5. The molecule has 0 radical (unpaired) electrons. The maximum absolute atomic E-state index is 14.9. The lowest BCUT2D eigenvalue weighted by Crippen LogP contribution is -2.51. The monoisotopic (exact) mass is 782 g/mol. The van der Waals surface area contributed by atoms with Crippen molar-refractivity contribution in [2.75, 3.05) is 58.4 Å². The van der Waals surface area contributed by atoms with Gasteiger partial charge in [0.15, 0.2) is 0 Å². The molecule has 14 heteroatoms. The number of amides is 3.